The summed E-state index contributed by atoms with van der Waals surface area (Å²) >= 11 is 5.64. The van der Waals surface area contributed by atoms with Crippen LogP contribution in [0.15, 0.2) is 35.2 Å². The first-order valence-electron chi connectivity index (χ1n) is 10.3. The van der Waals surface area contributed by atoms with Crippen molar-refractivity contribution in [1.82, 2.24) is 4.72 Å². The Morgan fingerprint density at radius 1 is 1.23 bits per heavy atom. The molecule has 0 spiro atoms. The summed E-state index contributed by atoms with van der Waals surface area (Å²) in [6, 6.07) is 2.62. The second-order valence-electron chi connectivity index (χ2n) is 7.77. The predicted molar refractivity (Wildman–Crippen MR) is 112 cm³/mol. The molecule has 0 aromatic heterocycles. The SMILES string of the molecule is O=C(O)CCC/C=C\[C@H]1CCCCC[C@@H]1CNS(=O)(=O)c1ccc(Cl)cc1C(F)(F)F. The number of aliphatic carboxylic acids is 1. The number of nitrogens with one attached hydrogen (secondary N) is 1. The van der Waals surface area contributed by atoms with E-state index in [9.17, 15) is 26.4 Å². The van der Waals surface area contributed by atoms with E-state index in [0.717, 1.165) is 44.2 Å². The molecule has 1 saturated carbocycles. The van der Waals surface area contributed by atoms with Crippen molar-refractivity contribution < 1.29 is 31.5 Å². The fourth-order valence-corrected chi connectivity index (χ4v) is 5.29. The van der Waals surface area contributed by atoms with Crippen LogP contribution in [0, 0.1) is 11.8 Å². The maximum atomic E-state index is 13.3. The van der Waals surface area contributed by atoms with Crippen LogP contribution in [0.4, 0.5) is 13.2 Å². The number of alkyl halides is 3. The molecule has 1 aromatic rings. The highest BCUT2D eigenvalue weighted by atomic mass is 35.5. The van der Waals surface area contributed by atoms with Crippen LogP contribution in [0.25, 0.3) is 0 Å². The van der Waals surface area contributed by atoms with Gasteiger partial charge in [0.15, 0.2) is 0 Å². The van der Waals surface area contributed by atoms with Gasteiger partial charge in [-0.05, 0) is 55.7 Å². The third-order valence-electron chi connectivity index (χ3n) is 5.43. The van der Waals surface area contributed by atoms with Crippen molar-refractivity contribution >= 4 is 27.6 Å². The zero-order valence-electron chi connectivity index (χ0n) is 17.0. The number of benzene rings is 1. The second kappa shape index (κ2) is 11.3. The van der Waals surface area contributed by atoms with E-state index in [0.29, 0.717) is 18.9 Å². The summed E-state index contributed by atoms with van der Waals surface area (Å²) in [6.45, 7) is 0.0341. The van der Waals surface area contributed by atoms with Gasteiger partial charge in [-0.2, -0.15) is 13.2 Å². The van der Waals surface area contributed by atoms with Gasteiger partial charge < -0.3 is 5.11 Å². The van der Waals surface area contributed by atoms with Crippen LogP contribution in [-0.4, -0.2) is 26.0 Å². The largest absolute Gasteiger partial charge is 0.481 e. The fraction of sp³-hybridized carbons (Fsp3) is 0.571. The molecule has 2 rings (SSSR count). The van der Waals surface area contributed by atoms with Gasteiger partial charge in [0.2, 0.25) is 10.0 Å². The molecule has 0 aliphatic heterocycles. The van der Waals surface area contributed by atoms with Crippen molar-refractivity contribution in [3.63, 3.8) is 0 Å². The van der Waals surface area contributed by atoms with Gasteiger partial charge in [0, 0.05) is 18.0 Å². The van der Waals surface area contributed by atoms with Crippen molar-refractivity contribution in [2.45, 2.75) is 62.4 Å². The first kappa shape index (κ1) is 25.7. The summed E-state index contributed by atoms with van der Waals surface area (Å²) in [5, 5.41) is 8.51. The average molecular weight is 482 g/mol. The van der Waals surface area contributed by atoms with Crippen LogP contribution < -0.4 is 4.72 Å². The third-order valence-corrected chi connectivity index (χ3v) is 7.15. The Kier molecular flexibility index (Phi) is 9.39. The van der Waals surface area contributed by atoms with Crippen LogP contribution >= 0.6 is 11.6 Å². The van der Waals surface area contributed by atoms with Crippen LogP contribution in [0.5, 0.6) is 0 Å². The fourth-order valence-electron chi connectivity index (χ4n) is 3.81. The van der Waals surface area contributed by atoms with Gasteiger partial charge in [-0.15, -0.1) is 0 Å². The summed E-state index contributed by atoms with van der Waals surface area (Å²) in [6.07, 6.45) is 4.83. The highest BCUT2D eigenvalue weighted by molar-refractivity contribution is 7.89. The highest BCUT2D eigenvalue weighted by Gasteiger charge is 2.37. The Bertz CT molecular complexity index is 887. The first-order chi connectivity index (χ1) is 14.5. The highest BCUT2D eigenvalue weighted by Crippen LogP contribution is 2.36. The van der Waals surface area contributed by atoms with Gasteiger partial charge in [-0.25, -0.2) is 13.1 Å². The van der Waals surface area contributed by atoms with E-state index in [2.05, 4.69) is 4.72 Å². The number of allylic oxidation sites excluding steroid dienone is 2. The molecule has 0 unspecified atom stereocenters. The maximum absolute atomic E-state index is 13.3. The van der Waals surface area contributed by atoms with E-state index in [1.54, 1.807) is 0 Å². The number of rotatable bonds is 9. The van der Waals surface area contributed by atoms with Gasteiger partial charge in [0.1, 0.15) is 0 Å². The van der Waals surface area contributed by atoms with E-state index in [1.165, 1.54) is 0 Å². The third kappa shape index (κ3) is 8.12. The monoisotopic (exact) mass is 481 g/mol. The molecule has 0 bridgehead atoms. The molecule has 5 nitrogen and oxygen atoms in total. The van der Waals surface area contributed by atoms with Crippen LogP contribution in [-0.2, 0) is 21.0 Å². The molecule has 2 atom stereocenters. The van der Waals surface area contributed by atoms with Crippen LogP contribution in [0.1, 0.15) is 56.9 Å². The minimum atomic E-state index is -4.85. The number of unbranched alkanes of at least 4 members (excludes halogenated alkanes) is 1. The van der Waals surface area contributed by atoms with E-state index in [1.807, 2.05) is 12.2 Å². The molecule has 10 heteroatoms. The Hall–Kier alpha value is -1.58. The Balaban J connectivity index is 2.11. The number of sulfonamides is 1. The molecule has 1 aliphatic carbocycles. The molecule has 2 N–H and O–H groups in total. The van der Waals surface area contributed by atoms with Crippen molar-refractivity contribution in [2.75, 3.05) is 6.54 Å². The summed E-state index contributed by atoms with van der Waals surface area (Å²) in [5.41, 5.74) is -1.29. The molecule has 0 saturated heterocycles. The molecular formula is C21H27ClF3NO4S. The van der Waals surface area contributed by atoms with Gasteiger partial charge in [-0.3, -0.25) is 4.79 Å². The quantitative estimate of drug-likeness (QED) is 0.271. The second-order valence-corrected chi connectivity index (χ2v) is 9.94. The molecule has 1 aliphatic rings. The molecule has 1 fully saturated rings. The molecule has 31 heavy (non-hydrogen) atoms. The normalized spacial score (nSPS) is 20.6. The van der Waals surface area contributed by atoms with E-state index in [-0.39, 0.29) is 29.8 Å². The van der Waals surface area contributed by atoms with E-state index < -0.39 is 32.6 Å². The first-order valence-corrected chi connectivity index (χ1v) is 12.1. The molecular weight excluding hydrogens is 455 g/mol. The summed E-state index contributed by atoms with van der Waals surface area (Å²) in [5.74, 6) is -0.812. The van der Waals surface area contributed by atoms with E-state index in [4.69, 9.17) is 16.7 Å². The van der Waals surface area contributed by atoms with Gasteiger partial charge in [0.05, 0.1) is 10.5 Å². The van der Waals surface area contributed by atoms with Gasteiger partial charge >= 0.3 is 12.1 Å². The molecule has 1 aromatic carbocycles. The van der Waals surface area contributed by atoms with Crippen LogP contribution in [0.3, 0.4) is 0 Å². The number of hydrogen-bond acceptors (Lipinski definition) is 3. The lowest BCUT2D eigenvalue weighted by Gasteiger charge is -2.23. The molecule has 174 valence electrons. The number of carbonyl (C=O) groups is 1. The lowest BCUT2D eigenvalue weighted by atomic mass is 9.87. The standard InChI is InChI=1S/C21H27ClF3NO4S/c22-17-11-12-19(18(13-17)21(23,24)25)31(29,30)26-14-16-9-5-1-3-7-15(16)8-4-2-6-10-20(27)28/h4,8,11-13,15-16,26H,1-3,5-7,9-10,14H2,(H,27,28)/b8-4-/t15-,16-/m1/s1. The smallest absolute Gasteiger partial charge is 0.417 e. The van der Waals surface area contributed by atoms with Crippen LogP contribution in [0.2, 0.25) is 5.02 Å². The molecule has 0 amide bonds. The summed E-state index contributed by atoms with van der Waals surface area (Å²) in [4.78, 5) is 9.76. The average Bonchev–Trinajstić information content (AvgIpc) is 2.90. The number of hydrogen-bond donors (Lipinski definition) is 2. The van der Waals surface area contributed by atoms with E-state index >= 15 is 0 Å². The Labute approximate surface area is 185 Å². The number of halogens is 4. The molecule has 0 radical (unpaired) electrons. The minimum Gasteiger partial charge on any atom is -0.481 e. The zero-order valence-corrected chi connectivity index (χ0v) is 18.6. The Morgan fingerprint density at radius 2 is 1.94 bits per heavy atom. The van der Waals surface area contributed by atoms with Crippen molar-refractivity contribution in [3.8, 4) is 0 Å². The number of carboxylic acids is 1. The van der Waals surface area contributed by atoms with Crippen molar-refractivity contribution in [3.05, 3.63) is 40.9 Å². The van der Waals surface area contributed by atoms with Gasteiger partial charge in [0.25, 0.3) is 0 Å². The van der Waals surface area contributed by atoms with Crippen molar-refractivity contribution in [1.29, 1.82) is 0 Å². The minimum absolute atomic E-state index is 0.0341. The number of carboxylic acid groups (broad SMARTS) is 1. The maximum Gasteiger partial charge on any atom is 0.417 e. The lowest BCUT2D eigenvalue weighted by Crippen LogP contribution is -2.33. The summed E-state index contributed by atoms with van der Waals surface area (Å²) in [7, 11) is -4.38. The topological polar surface area (TPSA) is 83.5 Å². The van der Waals surface area contributed by atoms with Crippen molar-refractivity contribution in [2.24, 2.45) is 11.8 Å². The predicted octanol–water partition coefficient (Wildman–Crippen LogP) is 5.64. The zero-order chi connectivity index (χ0) is 23.1. The summed E-state index contributed by atoms with van der Waals surface area (Å²) < 4.78 is 67.7. The lowest BCUT2D eigenvalue weighted by molar-refractivity contribution is -0.140. The Morgan fingerprint density at radius 3 is 2.61 bits per heavy atom. The molecule has 0 heterocycles. The van der Waals surface area contributed by atoms with Gasteiger partial charge in [-0.1, -0.05) is 43.0 Å².